The topological polar surface area (TPSA) is 95.2 Å². The summed E-state index contributed by atoms with van der Waals surface area (Å²) in [5.74, 6) is 0.211. The van der Waals surface area contributed by atoms with Gasteiger partial charge in [-0.2, -0.15) is 4.31 Å². The van der Waals surface area contributed by atoms with Crippen molar-refractivity contribution in [3.63, 3.8) is 0 Å². The van der Waals surface area contributed by atoms with Crippen molar-refractivity contribution in [1.29, 1.82) is 0 Å². The monoisotopic (exact) mass is 384 g/mol. The van der Waals surface area contributed by atoms with Crippen LogP contribution in [0.25, 0.3) is 0 Å². The smallest absolute Gasteiger partial charge is 0.251 e. The van der Waals surface area contributed by atoms with Crippen LogP contribution in [0.5, 0.6) is 0 Å². The molecule has 0 unspecified atom stereocenters. The number of amides is 1. The maximum atomic E-state index is 12.8. The molecule has 0 atom stereocenters. The Balaban J connectivity index is 1.73. The zero-order chi connectivity index (χ0) is 19.3. The SMILES string of the molecule is CN(Cc1ncc[nH]1)S(=O)(=O)c1cccc(C(=O)NCc2ccccc2)c1. The summed E-state index contributed by atoms with van der Waals surface area (Å²) in [6.45, 7) is 0.481. The van der Waals surface area contributed by atoms with Crippen LogP contribution in [-0.4, -0.2) is 35.6 Å². The normalized spacial score (nSPS) is 11.5. The summed E-state index contributed by atoms with van der Waals surface area (Å²) in [5, 5.41) is 2.80. The molecule has 0 radical (unpaired) electrons. The summed E-state index contributed by atoms with van der Waals surface area (Å²) >= 11 is 0. The van der Waals surface area contributed by atoms with E-state index in [-0.39, 0.29) is 17.3 Å². The van der Waals surface area contributed by atoms with Crippen LogP contribution in [0, 0.1) is 0 Å². The van der Waals surface area contributed by atoms with Gasteiger partial charge >= 0.3 is 0 Å². The predicted molar refractivity (Wildman–Crippen MR) is 101 cm³/mol. The Bertz CT molecular complexity index is 1000. The van der Waals surface area contributed by atoms with Crippen molar-refractivity contribution < 1.29 is 13.2 Å². The molecule has 0 bridgehead atoms. The van der Waals surface area contributed by atoms with Crippen LogP contribution in [0.3, 0.4) is 0 Å². The van der Waals surface area contributed by atoms with E-state index in [0.717, 1.165) is 5.56 Å². The lowest BCUT2D eigenvalue weighted by Gasteiger charge is -2.16. The lowest BCUT2D eigenvalue weighted by molar-refractivity contribution is 0.0950. The van der Waals surface area contributed by atoms with Gasteiger partial charge in [-0.05, 0) is 23.8 Å². The van der Waals surface area contributed by atoms with Gasteiger partial charge in [0.2, 0.25) is 10.0 Å². The number of hydrogen-bond donors (Lipinski definition) is 2. The molecule has 8 heteroatoms. The van der Waals surface area contributed by atoms with E-state index in [9.17, 15) is 13.2 Å². The molecule has 3 rings (SSSR count). The van der Waals surface area contributed by atoms with E-state index in [0.29, 0.717) is 17.9 Å². The number of benzene rings is 2. The van der Waals surface area contributed by atoms with Crippen LogP contribution in [0.4, 0.5) is 0 Å². The third-order valence-corrected chi connectivity index (χ3v) is 5.83. The molecule has 0 aliphatic heterocycles. The summed E-state index contributed by atoms with van der Waals surface area (Å²) < 4.78 is 26.7. The zero-order valence-electron chi connectivity index (χ0n) is 14.8. The number of carbonyl (C=O) groups excluding carboxylic acids is 1. The highest BCUT2D eigenvalue weighted by atomic mass is 32.2. The van der Waals surface area contributed by atoms with Gasteiger partial charge in [0.05, 0.1) is 11.4 Å². The fourth-order valence-corrected chi connectivity index (χ4v) is 3.72. The van der Waals surface area contributed by atoms with E-state index in [1.54, 1.807) is 24.5 Å². The van der Waals surface area contributed by atoms with E-state index >= 15 is 0 Å². The Morgan fingerprint density at radius 2 is 1.93 bits per heavy atom. The maximum absolute atomic E-state index is 12.8. The maximum Gasteiger partial charge on any atom is 0.251 e. The fraction of sp³-hybridized carbons (Fsp3) is 0.158. The van der Waals surface area contributed by atoms with Gasteiger partial charge in [-0.3, -0.25) is 4.79 Å². The molecule has 27 heavy (non-hydrogen) atoms. The van der Waals surface area contributed by atoms with Gasteiger partial charge in [0.15, 0.2) is 0 Å². The van der Waals surface area contributed by atoms with Crippen molar-refractivity contribution in [2.75, 3.05) is 7.05 Å². The van der Waals surface area contributed by atoms with Crippen LogP contribution in [0.2, 0.25) is 0 Å². The van der Waals surface area contributed by atoms with Gasteiger partial charge in [0.25, 0.3) is 5.91 Å². The fourth-order valence-electron chi connectivity index (χ4n) is 2.54. The summed E-state index contributed by atoms with van der Waals surface area (Å²) in [5.41, 5.74) is 1.26. The average Bonchev–Trinajstić information content (AvgIpc) is 3.20. The lowest BCUT2D eigenvalue weighted by Crippen LogP contribution is -2.28. The molecule has 1 heterocycles. The Morgan fingerprint density at radius 1 is 1.15 bits per heavy atom. The first-order valence-corrected chi connectivity index (χ1v) is 9.77. The van der Waals surface area contributed by atoms with E-state index in [4.69, 9.17) is 0 Å². The first kappa shape index (κ1) is 18.8. The number of nitrogens with one attached hydrogen (secondary N) is 2. The van der Waals surface area contributed by atoms with Gasteiger partial charge in [-0.15, -0.1) is 0 Å². The number of imidazole rings is 1. The minimum atomic E-state index is -3.74. The van der Waals surface area contributed by atoms with Crippen LogP contribution >= 0.6 is 0 Å². The highest BCUT2D eigenvalue weighted by molar-refractivity contribution is 7.89. The molecule has 0 aliphatic rings. The first-order chi connectivity index (χ1) is 13.0. The van der Waals surface area contributed by atoms with Crippen LogP contribution in [-0.2, 0) is 23.1 Å². The van der Waals surface area contributed by atoms with Crippen molar-refractivity contribution >= 4 is 15.9 Å². The molecule has 1 aromatic heterocycles. The highest BCUT2D eigenvalue weighted by Crippen LogP contribution is 2.17. The third kappa shape index (κ3) is 4.60. The van der Waals surface area contributed by atoms with Crippen molar-refractivity contribution in [3.8, 4) is 0 Å². The first-order valence-electron chi connectivity index (χ1n) is 8.33. The third-order valence-electron chi connectivity index (χ3n) is 4.03. The van der Waals surface area contributed by atoms with Crippen LogP contribution in [0.1, 0.15) is 21.7 Å². The minimum Gasteiger partial charge on any atom is -0.348 e. The van der Waals surface area contributed by atoms with Gasteiger partial charge in [-0.25, -0.2) is 13.4 Å². The largest absolute Gasteiger partial charge is 0.348 e. The van der Waals surface area contributed by atoms with E-state index < -0.39 is 10.0 Å². The second-order valence-electron chi connectivity index (χ2n) is 5.99. The lowest BCUT2D eigenvalue weighted by atomic mass is 10.2. The number of aromatic amines is 1. The molecule has 7 nitrogen and oxygen atoms in total. The average molecular weight is 384 g/mol. The Morgan fingerprint density at radius 3 is 2.63 bits per heavy atom. The number of rotatable bonds is 7. The summed E-state index contributed by atoms with van der Waals surface area (Å²) in [6, 6.07) is 15.5. The van der Waals surface area contributed by atoms with Gasteiger partial charge in [0.1, 0.15) is 5.82 Å². The number of carbonyl (C=O) groups is 1. The molecule has 0 fully saturated rings. The molecule has 140 valence electrons. The molecule has 2 aromatic carbocycles. The molecule has 3 aromatic rings. The molecule has 0 saturated heterocycles. The number of sulfonamides is 1. The van der Waals surface area contributed by atoms with Crippen LogP contribution < -0.4 is 5.32 Å². The molecule has 0 aliphatic carbocycles. The Labute approximate surface area is 158 Å². The Hall–Kier alpha value is -2.97. The van der Waals surface area contributed by atoms with Gasteiger partial charge in [-0.1, -0.05) is 36.4 Å². The summed E-state index contributed by atoms with van der Waals surface area (Å²) in [6.07, 6.45) is 3.20. The Kier molecular flexibility index (Phi) is 5.68. The summed E-state index contributed by atoms with van der Waals surface area (Å²) in [4.78, 5) is 19.4. The van der Waals surface area contributed by atoms with Crippen molar-refractivity contribution in [1.82, 2.24) is 19.6 Å². The van der Waals surface area contributed by atoms with Crippen molar-refractivity contribution in [2.24, 2.45) is 0 Å². The molecular weight excluding hydrogens is 364 g/mol. The van der Waals surface area contributed by atoms with Gasteiger partial charge < -0.3 is 10.3 Å². The quantitative estimate of drug-likeness (QED) is 0.653. The van der Waals surface area contributed by atoms with E-state index in [1.807, 2.05) is 30.3 Å². The number of aromatic nitrogens is 2. The highest BCUT2D eigenvalue weighted by Gasteiger charge is 2.22. The molecule has 0 spiro atoms. The molecule has 0 saturated carbocycles. The second kappa shape index (κ2) is 8.15. The zero-order valence-corrected chi connectivity index (χ0v) is 15.6. The van der Waals surface area contributed by atoms with Crippen molar-refractivity contribution in [3.05, 3.63) is 83.9 Å². The summed E-state index contributed by atoms with van der Waals surface area (Å²) in [7, 11) is -2.27. The van der Waals surface area contributed by atoms with Crippen LogP contribution in [0.15, 0.2) is 71.9 Å². The number of H-pyrrole nitrogens is 1. The second-order valence-corrected chi connectivity index (χ2v) is 8.04. The molecule has 1 amide bonds. The molecule has 2 N–H and O–H groups in total. The standard InChI is InChI=1S/C19H20N4O3S/c1-23(14-18-20-10-11-21-18)27(25,26)17-9-5-8-16(12-17)19(24)22-13-15-6-3-2-4-7-15/h2-12H,13-14H2,1H3,(H,20,21)(H,22,24). The molecular formula is C19H20N4O3S. The minimum absolute atomic E-state index is 0.0592. The van der Waals surface area contributed by atoms with E-state index in [2.05, 4.69) is 15.3 Å². The number of hydrogen-bond acceptors (Lipinski definition) is 4. The van der Waals surface area contributed by atoms with E-state index in [1.165, 1.54) is 23.5 Å². The number of nitrogens with zero attached hydrogens (tertiary/aromatic N) is 2. The predicted octanol–water partition coefficient (Wildman–Crippen LogP) is 2.16. The van der Waals surface area contributed by atoms with Crippen molar-refractivity contribution in [2.45, 2.75) is 18.0 Å². The van der Waals surface area contributed by atoms with Gasteiger partial charge in [0, 0.05) is 31.5 Å².